The monoisotopic (exact) mass is 452 g/mol. The van der Waals surface area contributed by atoms with Crippen LogP contribution in [0.25, 0.3) is 0 Å². The lowest BCUT2D eigenvalue weighted by atomic mass is 9.86. The summed E-state index contributed by atoms with van der Waals surface area (Å²) in [7, 11) is 0. The summed E-state index contributed by atoms with van der Waals surface area (Å²) in [5, 5.41) is 9.69. The van der Waals surface area contributed by atoms with Gasteiger partial charge in [-0.05, 0) is 67.9 Å². The van der Waals surface area contributed by atoms with Crippen molar-refractivity contribution >= 4 is 5.97 Å². The van der Waals surface area contributed by atoms with Crippen molar-refractivity contribution in [1.29, 1.82) is 0 Å². The van der Waals surface area contributed by atoms with Gasteiger partial charge < -0.3 is 5.11 Å². The highest BCUT2D eigenvalue weighted by atomic mass is 16.4. The molecule has 2 nitrogen and oxygen atoms in total. The van der Waals surface area contributed by atoms with Crippen LogP contribution in [0.4, 0.5) is 0 Å². The van der Waals surface area contributed by atoms with Crippen molar-refractivity contribution in [2.24, 2.45) is 5.41 Å². The highest BCUT2D eigenvalue weighted by Gasteiger charge is 2.19. The largest absolute Gasteiger partial charge is 0.481 e. The molecule has 0 aliphatic heterocycles. The van der Waals surface area contributed by atoms with Gasteiger partial charge in [0.05, 0.1) is 5.92 Å². The Labute approximate surface area is 203 Å². The molecular weight excluding hydrogens is 404 g/mol. The molecule has 1 unspecified atom stereocenters. The number of carboxylic acids is 1. The molecule has 2 heteroatoms. The maximum absolute atomic E-state index is 11.8. The van der Waals surface area contributed by atoms with Crippen molar-refractivity contribution < 1.29 is 9.90 Å². The van der Waals surface area contributed by atoms with Crippen LogP contribution in [0.3, 0.4) is 0 Å². The molecular formula is C31H48O2. The Morgan fingerprint density at radius 3 is 1.88 bits per heavy atom. The second-order valence-corrected chi connectivity index (χ2v) is 10.4. The van der Waals surface area contributed by atoms with Crippen LogP contribution < -0.4 is 0 Å². The van der Waals surface area contributed by atoms with Crippen LogP contribution in [0.2, 0.25) is 0 Å². The number of allylic oxidation sites excluding steroid dienone is 6. The fraction of sp³-hybridized carbons (Fsp3) is 0.581. The first-order valence-electron chi connectivity index (χ1n) is 13.1. The summed E-state index contributed by atoms with van der Waals surface area (Å²) in [6.45, 7) is 8.91. The number of unbranched alkanes of at least 4 members (excludes halogenated alkanes) is 6. The Bertz CT molecular complexity index is 716. The minimum Gasteiger partial charge on any atom is -0.481 e. The van der Waals surface area contributed by atoms with E-state index in [0.29, 0.717) is 6.42 Å². The summed E-state index contributed by atoms with van der Waals surface area (Å²) in [6, 6.07) is 8.22. The predicted molar refractivity (Wildman–Crippen MR) is 144 cm³/mol. The van der Waals surface area contributed by atoms with Crippen molar-refractivity contribution in [3.8, 4) is 0 Å². The first-order valence-corrected chi connectivity index (χ1v) is 13.1. The maximum Gasteiger partial charge on any atom is 0.310 e. The van der Waals surface area contributed by atoms with E-state index in [9.17, 15) is 9.90 Å². The number of benzene rings is 1. The van der Waals surface area contributed by atoms with E-state index in [1.54, 1.807) is 0 Å². The zero-order chi connectivity index (χ0) is 24.4. The molecule has 0 fully saturated rings. The van der Waals surface area contributed by atoms with Crippen LogP contribution >= 0.6 is 0 Å². The van der Waals surface area contributed by atoms with Gasteiger partial charge in [-0.3, -0.25) is 4.79 Å². The molecule has 0 aliphatic carbocycles. The predicted octanol–water partition coefficient (Wildman–Crippen LogP) is 9.42. The van der Waals surface area contributed by atoms with Gasteiger partial charge in [0, 0.05) is 0 Å². The number of carboxylic acid groups (broad SMARTS) is 1. The molecule has 0 amide bonds. The Balaban J connectivity index is 2.21. The normalized spacial score (nSPS) is 13.5. The van der Waals surface area contributed by atoms with Crippen molar-refractivity contribution in [3.05, 3.63) is 71.8 Å². The van der Waals surface area contributed by atoms with Crippen molar-refractivity contribution in [3.63, 3.8) is 0 Å². The third-order valence-corrected chi connectivity index (χ3v) is 5.80. The quantitative estimate of drug-likeness (QED) is 0.189. The summed E-state index contributed by atoms with van der Waals surface area (Å²) in [5.74, 6) is -1.10. The summed E-state index contributed by atoms with van der Waals surface area (Å²) in [4.78, 5) is 11.8. The maximum atomic E-state index is 11.8. The number of carbonyl (C=O) groups is 1. The summed E-state index contributed by atoms with van der Waals surface area (Å²) < 4.78 is 0. The molecule has 0 heterocycles. The number of hydrogen-bond acceptors (Lipinski definition) is 1. The van der Waals surface area contributed by atoms with E-state index in [0.717, 1.165) is 50.5 Å². The molecule has 1 atom stereocenters. The van der Waals surface area contributed by atoms with E-state index < -0.39 is 11.9 Å². The highest BCUT2D eigenvalue weighted by molar-refractivity contribution is 5.76. The van der Waals surface area contributed by atoms with Crippen LogP contribution in [-0.2, 0) is 11.2 Å². The fourth-order valence-corrected chi connectivity index (χ4v) is 3.99. The van der Waals surface area contributed by atoms with Gasteiger partial charge in [0.2, 0.25) is 0 Å². The third-order valence-electron chi connectivity index (χ3n) is 5.80. The van der Waals surface area contributed by atoms with Crippen molar-refractivity contribution in [2.45, 2.75) is 111 Å². The number of aliphatic carboxylic acids is 1. The van der Waals surface area contributed by atoms with Crippen LogP contribution in [0, 0.1) is 5.41 Å². The highest BCUT2D eigenvalue weighted by Crippen LogP contribution is 2.26. The molecule has 33 heavy (non-hydrogen) atoms. The molecule has 1 aromatic carbocycles. The topological polar surface area (TPSA) is 37.3 Å². The van der Waals surface area contributed by atoms with E-state index in [-0.39, 0.29) is 5.41 Å². The zero-order valence-corrected chi connectivity index (χ0v) is 21.7. The average Bonchev–Trinajstić information content (AvgIpc) is 2.75. The van der Waals surface area contributed by atoms with Gasteiger partial charge in [0.1, 0.15) is 0 Å². The van der Waals surface area contributed by atoms with E-state index >= 15 is 0 Å². The van der Waals surface area contributed by atoms with Crippen LogP contribution in [0.15, 0.2) is 60.7 Å². The molecule has 184 valence electrons. The van der Waals surface area contributed by atoms with E-state index in [4.69, 9.17) is 0 Å². The number of hydrogen-bond donors (Lipinski definition) is 1. The van der Waals surface area contributed by atoms with E-state index in [2.05, 4.69) is 76.3 Å². The Morgan fingerprint density at radius 2 is 1.36 bits per heavy atom. The lowest BCUT2D eigenvalue weighted by Crippen LogP contribution is -2.12. The smallest absolute Gasteiger partial charge is 0.310 e. The summed E-state index contributed by atoms with van der Waals surface area (Å²) in [6.07, 6.45) is 26.6. The SMILES string of the molecule is CCCCC/C=C\C/C=C\C/C=C\CCCCCC(C(=O)O)c1ccc(CC(C)(C)C)cc1. The van der Waals surface area contributed by atoms with E-state index in [1.165, 1.54) is 31.2 Å². The molecule has 0 spiro atoms. The Kier molecular flexibility index (Phi) is 15.3. The molecule has 1 N–H and O–H groups in total. The molecule has 0 bridgehead atoms. The molecule has 0 saturated carbocycles. The molecule has 0 saturated heterocycles. The molecule has 1 rings (SSSR count). The van der Waals surface area contributed by atoms with Gasteiger partial charge >= 0.3 is 5.97 Å². The molecule has 1 aromatic rings. The van der Waals surface area contributed by atoms with Gasteiger partial charge in [0.25, 0.3) is 0 Å². The van der Waals surface area contributed by atoms with E-state index in [1.807, 2.05) is 12.1 Å². The summed E-state index contributed by atoms with van der Waals surface area (Å²) in [5.41, 5.74) is 2.45. The average molecular weight is 453 g/mol. The second kappa shape index (κ2) is 17.4. The lowest BCUT2D eigenvalue weighted by Gasteiger charge is -2.19. The van der Waals surface area contributed by atoms with Gasteiger partial charge in [-0.15, -0.1) is 0 Å². The molecule has 0 radical (unpaired) electrons. The Morgan fingerprint density at radius 1 is 0.818 bits per heavy atom. The van der Waals surface area contributed by atoms with Crippen LogP contribution in [-0.4, -0.2) is 11.1 Å². The first kappa shape index (κ1) is 28.9. The van der Waals surface area contributed by atoms with Gasteiger partial charge in [0.15, 0.2) is 0 Å². The van der Waals surface area contributed by atoms with Crippen molar-refractivity contribution in [2.75, 3.05) is 0 Å². The summed E-state index contributed by atoms with van der Waals surface area (Å²) >= 11 is 0. The third kappa shape index (κ3) is 15.4. The van der Waals surface area contributed by atoms with Crippen molar-refractivity contribution in [1.82, 2.24) is 0 Å². The standard InChI is InChI=1S/C31H48O2/c1-5-6-7-8-9-10-11-12-13-14-15-16-17-18-19-20-21-29(30(32)33)28-24-22-27(23-25-28)26-31(2,3)4/h9-10,12-13,15-16,22-25,29H,5-8,11,14,17-21,26H2,1-4H3,(H,32,33)/b10-9-,13-12-,16-15-. The second-order valence-electron chi connectivity index (χ2n) is 10.4. The Hall–Kier alpha value is -2.09. The van der Waals surface area contributed by atoms with Crippen LogP contribution in [0.5, 0.6) is 0 Å². The minimum absolute atomic E-state index is 0.239. The first-order chi connectivity index (χ1) is 15.8. The fourth-order valence-electron chi connectivity index (χ4n) is 3.99. The zero-order valence-electron chi connectivity index (χ0n) is 21.7. The number of rotatable bonds is 17. The van der Waals surface area contributed by atoms with Gasteiger partial charge in [-0.1, -0.05) is 114 Å². The molecule has 0 aromatic heterocycles. The van der Waals surface area contributed by atoms with Gasteiger partial charge in [-0.2, -0.15) is 0 Å². The molecule has 0 aliphatic rings. The minimum atomic E-state index is -0.707. The lowest BCUT2D eigenvalue weighted by molar-refractivity contribution is -0.139. The van der Waals surface area contributed by atoms with Gasteiger partial charge in [-0.25, -0.2) is 0 Å². The van der Waals surface area contributed by atoms with Crippen LogP contribution in [0.1, 0.15) is 115 Å².